The summed E-state index contributed by atoms with van der Waals surface area (Å²) < 4.78 is 0. The van der Waals surface area contributed by atoms with Crippen molar-refractivity contribution in [3.63, 3.8) is 0 Å². The van der Waals surface area contributed by atoms with Crippen molar-refractivity contribution in [1.29, 1.82) is 0 Å². The molecule has 1 atom stereocenters. The number of piperidine rings is 1. The summed E-state index contributed by atoms with van der Waals surface area (Å²) in [6.45, 7) is 5.83. The highest BCUT2D eigenvalue weighted by Gasteiger charge is 2.28. The Morgan fingerprint density at radius 3 is 2.25 bits per heavy atom. The van der Waals surface area contributed by atoms with E-state index < -0.39 is 0 Å². The fraction of sp³-hybridized carbons (Fsp3) is 1.00. The van der Waals surface area contributed by atoms with Crippen molar-refractivity contribution in [2.24, 2.45) is 0 Å². The second kappa shape index (κ2) is 5.50. The molecular formula is C14H28N2. The van der Waals surface area contributed by atoms with Crippen molar-refractivity contribution < 1.29 is 0 Å². The van der Waals surface area contributed by atoms with E-state index in [1.54, 1.807) is 0 Å². The first-order valence-electron chi connectivity index (χ1n) is 7.17. The topological polar surface area (TPSA) is 24.1 Å². The molecule has 0 radical (unpaired) electrons. The predicted octanol–water partition coefficient (Wildman–Crippen LogP) is 2.83. The van der Waals surface area contributed by atoms with Gasteiger partial charge in [-0.15, -0.1) is 0 Å². The monoisotopic (exact) mass is 224 g/mol. The van der Waals surface area contributed by atoms with Crippen molar-refractivity contribution in [2.75, 3.05) is 6.54 Å². The molecule has 0 spiro atoms. The van der Waals surface area contributed by atoms with Crippen molar-refractivity contribution in [3.05, 3.63) is 0 Å². The van der Waals surface area contributed by atoms with Crippen molar-refractivity contribution in [2.45, 2.75) is 82.8 Å². The quantitative estimate of drug-likeness (QED) is 0.705. The fourth-order valence-electron chi connectivity index (χ4n) is 3.30. The van der Waals surface area contributed by atoms with Crippen LogP contribution in [0.5, 0.6) is 0 Å². The highest BCUT2D eigenvalue weighted by Crippen LogP contribution is 2.22. The average Bonchev–Trinajstić information content (AvgIpc) is 2.45. The molecule has 0 amide bonds. The maximum Gasteiger partial charge on any atom is 0.0139 e. The summed E-state index contributed by atoms with van der Waals surface area (Å²) in [5, 5.41) is 7.51. The summed E-state index contributed by atoms with van der Waals surface area (Å²) in [5.41, 5.74) is 0.334. The lowest BCUT2D eigenvalue weighted by Crippen LogP contribution is -2.53. The Morgan fingerprint density at radius 1 is 0.938 bits per heavy atom. The zero-order valence-electron chi connectivity index (χ0n) is 11.0. The lowest BCUT2D eigenvalue weighted by molar-refractivity contribution is 0.230. The molecule has 2 nitrogen and oxygen atoms in total. The summed E-state index contributed by atoms with van der Waals surface area (Å²) in [4.78, 5) is 0. The van der Waals surface area contributed by atoms with Gasteiger partial charge in [0.2, 0.25) is 0 Å². The first-order chi connectivity index (χ1) is 7.66. The van der Waals surface area contributed by atoms with E-state index in [0.717, 1.165) is 12.1 Å². The number of hydrogen-bond donors (Lipinski definition) is 2. The van der Waals surface area contributed by atoms with Crippen LogP contribution in [0.1, 0.15) is 65.2 Å². The SMILES string of the molecule is CC1(C)CC(NC2CCCCCC2)CCN1. The highest BCUT2D eigenvalue weighted by atomic mass is 15.0. The summed E-state index contributed by atoms with van der Waals surface area (Å²) in [6, 6.07) is 1.56. The summed E-state index contributed by atoms with van der Waals surface area (Å²) in [5.74, 6) is 0. The van der Waals surface area contributed by atoms with Gasteiger partial charge >= 0.3 is 0 Å². The van der Waals surface area contributed by atoms with Gasteiger partial charge < -0.3 is 10.6 Å². The third-order valence-electron chi connectivity index (χ3n) is 4.18. The van der Waals surface area contributed by atoms with Gasteiger partial charge in [0, 0.05) is 17.6 Å². The van der Waals surface area contributed by atoms with Crippen molar-refractivity contribution in [3.8, 4) is 0 Å². The zero-order valence-corrected chi connectivity index (χ0v) is 11.0. The molecule has 0 aromatic heterocycles. The molecule has 1 heterocycles. The largest absolute Gasteiger partial charge is 0.312 e. The third kappa shape index (κ3) is 3.74. The van der Waals surface area contributed by atoms with E-state index >= 15 is 0 Å². The van der Waals surface area contributed by atoms with Crippen LogP contribution in [0.2, 0.25) is 0 Å². The lowest BCUT2D eigenvalue weighted by atomic mass is 9.88. The van der Waals surface area contributed by atoms with Crippen LogP contribution in [0, 0.1) is 0 Å². The van der Waals surface area contributed by atoms with E-state index in [1.165, 1.54) is 57.9 Å². The minimum atomic E-state index is 0.334. The summed E-state index contributed by atoms with van der Waals surface area (Å²) >= 11 is 0. The average molecular weight is 224 g/mol. The standard InChI is InChI=1S/C14H28N2/c1-14(2)11-13(9-10-15-14)16-12-7-5-3-4-6-8-12/h12-13,15-16H,3-11H2,1-2H3. The number of rotatable bonds is 2. The van der Waals surface area contributed by atoms with Gasteiger partial charge in [-0.1, -0.05) is 25.7 Å². The molecule has 94 valence electrons. The van der Waals surface area contributed by atoms with E-state index in [-0.39, 0.29) is 0 Å². The van der Waals surface area contributed by atoms with E-state index in [4.69, 9.17) is 0 Å². The molecule has 0 aromatic carbocycles. The van der Waals surface area contributed by atoms with Crippen LogP contribution in [-0.2, 0) is 0 Å². The first kappa shape index (κ1) is 12.4. The Bertz CT molecular complexity index is 205. The van der Waals surface area contributed by atoms with Crippen LogP contribution in [-0.4, -0.2) is 24.2 Å². The third-order valence-corrected chi connectivity index (χ3v) is 4.18. The normalized spacial score (nSPS) is 32.2. The van der Waals surface area contributed by atoms with Crippen molar-refractivity contribution >= 4 is 0 Å². The van der Waals surface area contributed by atoms with Gasteiger partial charge in [-0.2, -0.15) is 0 Å². The van der Waals surface area contributed by atoms with E-state index in [2.05, 4.69) is 24.5 Å². The minimum Gasteiger partial charge on any atom is -0.312 e. The van der Waals surface area contributed by atoms with Gasteiger partial charge in [0.15, 0.2) is 0 Å². The molecule has 2 heteroatoms. The van der Waals surface area contributed by atoms with Gasteiger partial charge in [-0.25, -0.2) is 0 Å². The van der Waals surface area contributed by atoms with Gasteiger partial charge in [0.1, 0.15) is 0 Å². The molecular weight excluding hydrogens is 196 g/mol. The maximum absolute atomic E-state index is 3.91. The zero-order chi connectivity index (χ0) is 11.4. The molecule has 0 bridgehead atoms. The second-order valence-corrected chi connectivity index (χ2v) is 6.36. The van der Waals surface area contributed by atoms with Crippen LogP contribution >= 0.6 is 0 Å². The van der Waals surface area contributed by atoms with E-state index in [0.29, 0.717) is 5.54 Å². The lowest BCUT2D eigenvalue weighted by Gasteiger charge is -2.38. The van der Waals surface area contributed by atoms with Gasteiger partial charge in [0.25, 0.3) is 0 Å². The van der Waals surface area contributed by atoms with Gasteiger partial charge in [-0.05, 0) is 46.1 Å². The summed E-state index contributed by atoms with van der Waals surface area (Å²) in [7, 11) is 0. The van der Waals surface area contributed by atoms with E-state index in [9.17, 15) is 0 Å². The first-order valence-corrected chi connectivity index (χ1v) is 7.17. The van der Waals surface area contributed by atoms with Crippen LogP contribution in [0.3, 0.4) is 0 Å². The van der Waals surface area contributed by atoms with E-state index in [1.807, 2.05) is 0 Å². The molecule has 1 aliphatic heterocycles. The second-order valence-electron chi connectivity index (χ2n) is 6.36. The van der Waals surface area contributed by atoms with Crippen LogP contribution < -0.4 is 10.6 Å². The van der Waals surface area contributed by atoms with Crippen LogP contribution in [0.25, 0.3) is 0 Å². The van der Waals surface area contributed by atoms with Gasteiger partial charge in [-0.3, -0.25) is 0 Å². The molecule has 2 fully saturated rings. The molecule has 2 N–H and O–H groups in total. The summed E-state index contributed by atoms with van der Waals surface area (Å²) in [6.07, 6.45) is 11.2. The number of nitrogens with one attached hydrogen (secondary N) is 2. The Kier molecular flexibility index (Phi) is 4.26. The fourth-order valence-corrected chi connectivity index (χ4v) is 3.30. The van der Waals surface area contributed by atoms with Crippen LogP contribution in [0.4, 0.5) is 0 Å². The maximum atomic E-state index is 3.91. The Labute approximate surface area is 101 Å². The molecule has 1 unspecified atom stereocenters. The van der Waals surface area contributed by atoms with Crippen LogP contribution in [0.15, 0.2) is 0 Å². The molecule has 1 saturated heterocycles. The Balaban J connectivity index is 1.79. The smallest absolute Gasteiger partial charge is 0.0139 e. The Hall–Kier alpha value is -0.0800. The molecule has 0 aromatic rings. The number of hydrogen-bond acceptors (Lipinski definition) is 2. The molecule has 2 rings (SSSR count). The van der Waals surface area contributed by atoms with Crippen molar-refractivity contribution in [1.82, 2.24) is 10.6 Å². The Morgan fingerprint density at radius 2 is 1.62 bits per heavy atom. The molecule has 16 heavy (non-hydrogen) atoms. The molecule has 1 saturated carbocycles. The predicted molar refractivity (Wildman–Crippen MR) is 69.7 cm³/mol. The highest BCUT2D eigenvalue weighted by molar-refractivity contribution is 4.90. The van der Waals surface area contributed by atoms with Gasteiger partial charge in [0.05, 0.1) is 0 Å². The minimum absolute atomic E-state index is 0.334. The molecule has 1 aliphatic carbocycles. The molecule has 2 aliphatic rings.